The molecule has 3 N–H and O–H groups in total. The first-order valence-electron chi connectivity index (χ1n) is 17.6. The Morgan fingerprint density at radius 3 is 2.53 bits per heavy atom. The van der Waals surface area contributed by atoms with Crippen LogP contribution in [-0.4, -0.2) is 83.2 Å². The van der Waals surface area contributed by atoms with Crippen LogP contribution in [0.15, 0.2) is 59.5 Å². The highest BCUT2D eigenvalue weighted by Crippen LogP contribution is 2.43. The van der Waals surface area contributed by atoms with Crippen LogP contribution in [0.4, 0.5) is 16.3 Å². The van der Waals surface area contributed by atoms with Crippen LogP contribution in [0, 0.1) is 6.92 Å². The van der Waals surface area contributed by atoms with Gasteiger partial charge in [-0.05, 0) is 62.9 Å². The van der Waals surface area contributed by atoms with Gasteiger partial charge in [0.2, 0.25) is 5.88 Å². The Morgan fingerprint density at radius 1 is 1.00 bits per heavy atom. The highest BCUT2D eigenvalue weighted by molar-refractivity contribution is 6.39. The molecule has 5 aromatic rings. The highest BCUT2D eigenvalue weighted by Gasteiger charge is 2.44. The van der Waals surface area contributed by atoms with Crippen LogP contribution in [-0.2, 0) is 24.6 Å². The lowest BCUT2D eigenvalue weighted by Gasteiger charge is -2.21. The van der Waals surface area contributed by atoms with Gasteiger partial charge in [-0.3, -0.25) is 4.79 Å². The van der Waals surface area contributed by atoms with Gasteiger partial charge in [-0.1, -0.05) is 53.5 Å². The maximum atomic E-state index is 12.9. The number of hydrogen-bond acceptors (Lipinski definition) is 9. The SMILES string of the molecule is COCCN1CC2(CCNC2)NC1=O.COc1nc(-c2cccc(-c3cccc(Nc4nc(C)cc5cnn(C)c(=O)c45)c3Cl)c2Cl)cc2c1CCC2. The minimum atomic E-state index is -0.247. The molecule has 1 atom stereocenters. The molecular formula is C39H42Cl2N8O4. The van der Waals surface area contributed by atoms with Gasteiger partial charge in [0.15, 0.2) is 0 Å². The molecule has 8 rings (SSSR count). The molecule has 3 aliphatic rings. The van der Waals surface area contributed by atoms with Gasteiger partial charge in [0.25, 0.3) is 5.56 Å². The van der Waals surface area contributed by atoms with Crippen LogP contribution >= 0.6 is 23.2 Å². The Bertz CT molecular complexity index is 2260. The summed E-state index contributed by atoms with van der Waals surface area (Å²) in [6.45, 7) is 5.86. The molecule has 0 bridgehead atoms. The van der Waals surface area contributed by atoms with Crippen LogP contribution < -0.4 is 26.2 Å². The number of aryl methyl sites for hydroxylation is 3. The lowest BCUT2D eigenvalue weighted by Crippen LogP contribution is -2.45. The number of hydrogen-bond donors (Lipinski definition) is 3. The van der Waals surface area contributed by atoms with Gasteiger partial charge in [-0.25, -0.2) is 19.4 Å². The van der Waals surface area contributed by atoms with E-state index in [0.29, 0.717) is 51.4 Å². The molecule has 2 aliphatic heterocycles. The average molecular weight is 758 g/mol. The van der Waals surface area contributed by atoms with E-state index in [-0.39, 0.29) is 17.1 Å². The number of ether oxygens (including phenoxy) is 2. The number of halogens is 2. The summed E-state index contributed by atoms with van der Waals surface area (Å²) < 4.78 is 11.9. The Kier molecular flexibility index (Phi) is 10.6. The number of benzene rings is 2. The van der Waals surface area contributed by atoms with Crippen molar-refractivity contribution >= 4 is 51.5 Å². The van der Waals surface area contributed by atoms with Gasteiger partial charge in [-0.15, -0.1) is 0 Å². The number of pyridine rings is 2. The summed E-state index contributed by atoms with van der Waals surface area (Å²) in [5, 5.41) is 15.9. The predicted molar refractivity (Wildman–Crippen MR) is 209 cm³/mol. The number of nitrogens with zero attached hydrogens (tertiary/aromatic N) is 5. The Hall–Kier alpha value is -4.75. The van der Waals surface area contributed by atoms with E-state index in [0.717, 1.165) is 73.4 Å². The van der Waals surface area contributed by atoms with E-state index in [1.54, 1.807) is 27.5 Å². The van der Waals surface area contributed by atoms with E-state index in [1.165, 1.54) is 15.8 Å². The number of urea groups is 1. The number of methoxy groups -OCH3 is 2. The molecule has 1 unspecified atom stereocenters. The quantitative estimate of drug-likeness (QED) is 0.167. The number of carbonyl (C=O) groups excluding carboxylic acids is 1. The van der Waals surface area contributed by atoms with E-state index < -0.39 is 0 Å². The molecule has 5 heterocycles. The molecule has 53 heavy (non-hydrogen) atoms. The van der Waals surface area contributed by atoms with Crippen molar-refractivity contribution < 1.29 is 14.3 Å². The summed E-state index contributed by atoms with van der Waals surface area (Å²) in [5.74, 6) is 1.08. The van der Waals surface area contributed by atoms with Gasteiger partial charge in [0.05, 0.1) is 52.3 Å². The van der Waals surface area contributed by atoms with Gasteiger partial charge < -0.3 is 30.3 Å². The molecule has 1 aliphatic carbocycles. The maximum Gasteiger partial charge on any atom is 0.318 e. The summed E-state index contributed by atoms with van der Waals surface area (Å²) in [6, 6.07) is 15.5. The number of nitrogens with one attached hydrogen (secondary N) is 3. The fraction of sp³-hybridized carbons (Fsp3) is 0.359. The molecule has 14 heteroatoms. The largest absolute Gasteiger partial charge is 0.481 e. The molecule has 0 radical (unpaired) electrons. The summed E-state index contributed by atoms with van der Waals surface area (Å²) in [4.78, 5) is 35.7. The second kappa shape index (κ2) is 15.3. The number of amides is 2. The number of anilines is 2. The van der Waals surface area contributed by atoms with Gasteiger partial charge in [0.1, 0.15) is 5.82 Å². The van der Waals surface area contributed by atoms with Gasteiger partial charge >= 0.3 is 6.03 Å². The minimum absolute atomic E-state index is 0.00910. The molecule has 0 saturated carbocycles. The van der Waals surface area contributed by atoms with Crippen LogP contribution in [0.25, 0.3) is 33.2 Å². The molecule has 3 aromatic heterocycles. The third-order valence-electron chi connectivity index (χ3n) is 10.1. The molecule has 276 valence electrons. The molecular weight excluding hydrogens is 715 g/mol. The molecule has 1 spiro atoms. The van der Waals surface area contributed by atoms with E-state index in [1.807, 2.05) is 54.3 Å². The Labute approximate surface area is 317 Å². The second-order valence-corrected chi connectivity index (χ2v) is 14.4. The maximum absolute atomic E-state index is 12.9. The number of rotatable bonds is 8. The fourth-order valence-electron chi connectivity index (χ4n) is 7.38. The van der Waals surface area contributed by atoms with Crippen molar-refractivity contribution in [3.63, 3.8) is 0 Å². The zero-order valence-corrected chi connectivity index (χ0v) is 31.7. The lowest BCUT2D eigenvalue weighted by molar-refractivity contribution is 0.159. The first-order chi connectivity index (χ1) is 25.6. The van der Waals surface area contributed by atoms with Crippen LogP contribution in [0.1, 0.15) is 29.7 Å². The Balaban J connectivity index is 0.000000260. The average Bonchev–Trinajstić information content (AvgIpc) is 3.89. The molecule has 2 fully saturated rings. The van der Waals surface area contributed by atoms with Crippen molar-refractivity contribution in [2.45, 2.75) is 38.1 Å². The normalized spacial score (nSPS) is 17.5. The first kappa shape index (κ1) is 36.6. The van der Waals surface area contributed by atoms with E-state index in [4.69, 9.17) is 37.7 Å². The monoisotopic (exact) mass is 756 g/mol. The van der Waals surface area contributed by atoms with Crippen molar-refractivity contribution in [3.8, 4) is 28.3 Å². The van der Waals surface area contributed by atoms with Crippen LogP contribution in [0.5, 0.6) is 5.88 Å². The van der Waals surface area contributed by atoms with Crippen LogP contribution in [0.2, 0.25) is 10.0 Å². The zero-order valence-electron chi connectivity index (χ0n) is 30.2. The van der Waals surface area contributed by atoms with Gasteiger partial charge in [-0.2, -0.15) is 5.10 Å². The smallest absolute Gasteiger partial charge is 0.318 e. The van der Waals surface area contributed by atoms with E-state index in [2.05, 4.69) is 32.1 Å². The lowest BCUT2D eigenvalue weighted by atomic mass is 9.99. The number of fused-ring (bicyclic) bond motifs is 2. The van der Waals surface area contributed by atoms with Crippen molar-refractivity contribution in [1.82, 2.24) is 35.3 Å². The van der Waals surface area contributed by atoms with Gasteiger partial charge in [0, 0.05) is 67.1 Å². The van der Waals surface area contributed by atoms with Crippen LogP contribution in [0.3, 0.4) is 0 Å². The summed E-state index contributed by atoms with van der Waals surface area (Å²) >= 11 is 14.0. The van der Waals surface area contributed by atoms with Crippen molar-refractivity contribution in [2.24, 2.45) is 7.05 Å². The number of carbonyl (C=O) groups is 1. The van der Waals surface area contributed by atoms with Crippen molar-refractivity contribution in [3.05, 3.63) is 91.9 Å². The van der Waals surface area contributed by atoms with E-state index >= 15 is 0 Å². The topological polar surface area (TPSA) is 136 Å². The molecule has 2 saturated heterocycles. The summed E-state index contributed by atoms with van der Waals surface area (Å²) in [7, 11) is 4.92. The second-order valence-electron chi connectivity index (χ2n) is 13.7. The molecule has 12 nitrogen and oxygen atoms in total. The summed E-state index contributed by atoms with van der Waals surface area (Å²) in [5.41, 5.74) is 6.61. The molecule has 2 aromatic carbocycles. The standard InChI is InChI=1S/C30H25Cl2N5O2.C9H17N3O2/c1-16-13-18-15-33-37(2)30(38)25(18)28(34-16)35-23-12-6-10-21(27(23)32)20-9-5-11-22(26(20)31)24-14-17-7-4-8-19(17)29(36-24)39-3;1-14-5-4-12-7-9(11-8(12)13)2-3-10-6-9/h5-6,9-15H,4,7-8H2,1-3H3,(H,34,35);10H,2-7H2,1H3,(H,11,13). The van der Waals surface area contributed by atoms with Crippen molar-refractivity contribution in [1.29, 1.82) is 0 Å². The first-order valence-corrected chi connectivity index (χ1v) is 18.4. The number of aromatic nitrogens is 4. The van der Waals surface area contributed by atoms with E-state index in [9.17, 15) is 9.59 Å². The summed E-state index contributed by atoms with van der Waals surface area (Å²) in [6.07, 6.45) is 5.75. The Morgan fingerprint density at radius 2 is 1.77 bits per heavy atom. The highest BCUT2D eigenvalue weighted by atomic mass is 35.5. The predicted octanol–water partition coefficient (Wildman–Crippen LogP) is 6.30. The minimum Gasteiger partial charge on any atom is -0.481 e. The zero-order chi connectivity index (χ0) is 37.3. The molecule has 2 amide bonds. The fourth-order valence-corrected chi connectivity index (χ4v) is 7.98. The third-order valence-corrected chi connectivity index (χ3v) is 10.9. The van der Waals surface area contributed by atoms with Crippen molar-refractivity contribution in [2.75, 3.05) is 52.3 Å². The third kappa shape index (κ3) is 7.28.